The lowest BCUT2D eigenvalue weighted by Crippen LogP contribution is -2.48. The van der Waals surface area contributed by atoms with Gasteiger partial charge in [-0.05, 0) is 37.1 Å². The van der Waals surface area contributed by atoms with Crippen molar-refractivity contribution < 1.29 is 13.9 Å². The summed E-state index contributed by atoms with van der Waals surface area (Å²) in [5, 5.41) is 10.0. The van der Waals surface area contributed by atoms with Crippen LogP contribution < -0.4 is 0 Å². The van der Waals surface area contributed by atoms with Gasteiger partial charge >= 0.3 is 6.09 Å². The molecule has 1 amide bonds. The van der Waals surface area contributed by atoms with Gasteiger partial charge in [-0.25, -0.2) is 9.18 Å². The van der Waals surface area contributed by atoms with E-state index in [0.717, 1.165) is 26.7 Å². The molecule has 5 nitrogen and oxygen atoms in total. The van der Waals surface area contributed by atoms with E-state index in [1.165, 1.54) is 12.1 Å². The summed E-state index contributed by atoms with van der Waals surface area (Å²) in [7, 11) is 0. The monoisotopic (exact) mass is 437 g/mol. The highest BCUT2D eigenvalue weighted by atomic mass is 32.1. The molecule has 0 bridgehead atoms. The molecule has 31 heavy (non-hydrogen) atoms. The maximum Gasteiger partial charge on any atom is 0.411 e. The van der Waals surface area contributed by atoms with E-state index in [1.54, 1.807) is 34.4 Å². The van der Waals surface area contributed by atoms with Crippen molar-refractivity contribution in [3.8, 4) is 10.6 Å². The standard InChI is InChI=1S/C24H24FN3O2S/c1-4-13-24(20-9-11-21(25)12-10-20)14-15-28(23(29)30-24)16(2)18-5-7-19(8-6-18)22-27-26-17(3)31-22/h4-12,16H,1,13-15H2,2-3H3. The normalized spacial score (nSPS) is 19.7. The summed E-state index contributed by atoms with van der Waals surface area (Å²) in [6.45, 7) is 8.27. The number of amides is 1. The molecule has 7 heteroatoms. The Morgan fingerprint density at radius 3 is 2.52 bits per heavy atom. The van der Waals surface area contributed by atoms with Gasteiger partial charge in [0.25, 0.3) is 0 Å². The maximum atomic E-state index is 13.4. The Balaban J connectivity index is 1.51. The van der Waals surface area contributed by atoms with Crippen molar-refractivity contribution in [1.82, 2.24) is 15.1 Å². The van der Waals surface area contributed by atoms with E-state index in [-0.39, 0.29) is 18.0 Å². The number of cyclic esters (lactones) is 1. The molecule has 2 atom stereocenters. The molecular formula is C24H24FN3O2S. The Kier molecular flexibility index (Phi) is 5.87. The molecule has 1 aromatic heterocycles. The van der Waals surface area contributed by atoms with Crippen LogP contribution in [0.1, 0.15) is 41.9 Å². The summed E-state index contributed by atoms with van der Waals surface area (Å²) < 4.78 is 19.4. The molecule has 2 heterocycles. The second-order valence-corrected chi connectivity index (χ2v) is 8.91. The molecule has 0 aliphatic carbocycles. The Labute approximate surface area is 185 Å². The fourth-order valence-corrected chi connectivity index (χ4v) is 4.67. The van der Waals surface area contributed by atoms with Crippen LogP contribution in [0.4, 0.5) is 9.18 Å². The van der Waals surface area contributed by atoms with Crippen LogP contribution in [0.2, 0.25) is 0 Å². The molecule has 3 aromatic rings. The van der Waals surface area contributed by atoms with Crippen molar-refractivity contribution in [2.75, 3.05) is 6.54 Å². The molecular weight excluding hydrogens is 413 g/mol. The number of aromatic nitrogens is 2. The predicted molar refractivity (Wildman–Crippen MR) is 119 cm³/mol. The fraction of sp³-hybridized carbons (Fsp3) is 0.292. The molecule has 1 saturated heterocycles. The molecule has 0 N–H and O–H groups in total. The zero-order valence-electron chi connectivity index (χ0n) is 17.5. The number of hydrogen-bond acceptors (Lipinski definition) is 5. The lowest BCUT2D eigenvalue weighted by atomic mass is 9.85. The van der Waals surface area contributed by atoms with Gasteiger partial charge in [0.1, 0.15) is 21.4 Å². The minimum atomic E-state index is -0.817. The molecule has 2 aromatic carbocycles. The number of hydrogen-bond donors (Lipinski definition) is 0. The SMILES string of the molecule is C=CCC1(c2ccc(F)cc2)CCN(C(C)c2ccc(-c3nnc(C)s3)cc2)C(=O)O1. The van der Waals surface area contributed by atoms with E-state index in [1.807, 2.05) is 38.1 Å². The van der Waals surface area contributed by atoms with E-state index in [9.17, 15) is 9.18 Å². The Morgan fingerprint density at radius 1 is 1.23 bits per heavy atom. The van der Waals surface area contributed by atoms with Crippen molar-refractivity contribution in [3.63, 3.8) is 0 Å². The first kappa shape index (κ1) is 21.2. The topological polar surface area (TPSA) is 55.3 Å². The zero-order chi connectivity index (χ0) is 22.0. The van der Waals surface area contributed by atoms with Crippen molar-refractivity contribution in [1.29, 1.82) is 0 Å². The van der Waals surface area contributed by atoms with Gasteiger partial charge in [-0.15, -0.1) is 16.8 Å². The van der Waals surface area contributed by atoms with E-state index in [4.69, 9.17) is 4.74 Å². The minimum Gasteiger partial charge on any atom is -0.437 e. The predicted octanol–water partition coefficient (Wildman–Crippen LogP) is 6.03. The first-order valence-corrected chi connectivity index (χ1v) is 11.0. The van der Waals surface area contributed by atoms with E-state index in [0.29, 0.717) is 19.4 Å². The summed E-state index contributed by atoms with van der Waals surface area (Å²) in [6.07, 6.45) is 2.43. The lowest BCUT2D eigenvalue weighted by molar-refractivity contribution is -0.0588. The Morgan fingerprint density at radius 2 is 1.94 bits per heavy atom. The summed E-state index contributed by atoms with van der Waals surface area (Å²) in [5.41, 5.74) is 1.98. The second kappa shape index (κ2) is 8.59. The fourth-order valence-electron chi connectivity index (χ4n) is 3.97. The average Bonchev–Trinajstić information content (AvgIpc) is 3.20. The molecule has 4 rings (SSSR count). The summed E-state index contributed by atoms with van der Waals surface area (Å²) in [4.78, 5) is 14.7. The molecule has 0 saturated carbocycles. The number of ether oxygens (including phenoxy) is 1. The van der Waals surface area contributed by atoms with Gasteiger partial charge in [0.15, 0.2) is 0 Å². The average molecular weight is 438 g/mol. The van der Waals surface area contributed by atoms with Crippen LogP contribution in [0.3, 0.4) is 0 Å². The van der Waals surface area contributed by atoms with Crippen LogP contribution in [0.25, 0.3) is 10.6 Å². The van der Waals surface area contributed by atoms with Crippen molar-refractivity contribution in [2.45, 2.75) is 38.3 Å². The number of benzene rings is 2. The quantitative estimate of drug-likeness (QED) is 0.442. The number of carbonyl (C=O) groups excluding carboxylic acids is 1. The number of aryl methyl sites for hydroxylation is 1. The van der Waals surface area contributed by atoms with Gasteiger partial charge in [-0.1, -0.05) is 53.8 Å². The van der Waals surface area contributed by atoms with Gasteiger partial charge in [-0.2, -0.15) is 0 Å². The third-order valence-electron chi connectivity index (χ3n) is 5.75. The highest BCUT2D eigenvalue weighted by molar-refractivity contribution is 7.14. The van der Waals surface area contributed by atoms with Crippen molar-refractivity contribution in [3.05, 3.63) is 83.1 Å². The Hall–Kier alpha value is -3.06. The molecule has 0 radical (unpaired) electrons. The first-order chi connectivity index (χ1) is 14.9. The third-order valence-corrected chi connectivity index (χ3v) is 6.64. The van der Waals surface area contributed by atoms with Crippen molar-refractivity contribution in [2.24, 2.45) is 0 Å². The number of rotatable bonds is 6. The number of halogens is 1. The Bertz CT molecular complexity index is 1080. The van der Waals surface area contributed by atoms with Gasteiger partial charge < -0.3 is 9.64 Å². The molecule has 2 unspecified atom stereocenters. The number of carbonyl (C=O) groups is 1. The van der Waals surface area contributed by atoms with Gasteiger partial charge in [0, 0.05) is 24.9 Å². The highest BCUT2D eigenvalue weighted by Crippen LogP contribution is 2.40. The second-order valence-electron chi connectivity index (χ2n) is 7.73. The van der Waals surface area contributed by atoms with Crippen LogP contribution >= 0.6 is 11.3 Å². The van der Waals surface area contributed by atoms with Crippen LogP contribution in [0.5, 0.6) is 0 Å². The van der Waals surface area contributed by atoms with Crippen LogP contribution in [-0.2, 0) is 10.3 Å². The molecule has 160 valence electrons. The molecule has 1 fully saturated rings. The van der Waals surface area contributed by atoms with Crippen molar-refractivity contribution >= 4 is 17.4 Å². The van der Waals surface area contributed by atoms with Crippen LogP contribution in [-0.4, -0.2) is 27.7 Å². The third kappa shape index (κ3) is 4.23. The van der Waals surface area contributed by atoms with Gasteiger partial charge in [0.05, 0.1) is 6.04 Å². The van der Waals surface area contributed by atoms with Crippen LogP contribution in [0.15, 0.2) is 61.2 Å². The van der Waals surface area contributed by atoms with Gasteiger partial charge in [0.2, 0.25) is 0 Å². The maximum absolute atomic E-state index is 13.4. The zero-order valence-corrected chi connectivity index (χ0v) is 18.4. The number of nitrogens with zero attached hydrogens (tertiary/aromatic N) is 3. The minimum absolute atomic E-state index is 0.146. The molecule has 1 aliphatic heterocycles. The highest BCUT2D eigenvalue weighted by Gasteiger charge is 2.42. The summed E-state index contributed by atoms with van der Waals surface area (Å²) in [6, 6.07) is 14.0. The van der Waals surface area contributed by atoms with E-state index < -0.39 is 5.60 Å². The first-order valence-electron chi connectivity index (χ1n) is 10.2. The van der Waals surface area contributed by atoms with Crippen LogP contribution in [0, 0.1) is 12.7 Å². The summed E-state index contributed by atoms with van der Waals surface area (Å²) >= 11 is 1.55. The van der Waals surface area contributed by atoms with E-state index >= 15 is 0 Å². The molecule has 1 aliphatic rings. The van der Waals surface area contributed by atoms with Gasteiger partial charge in [-0.3, -0.25) is 0 Å². The smallest absolute Gasteiger partial charge is 0.411 e. The summed E-state index contributed by atoms with van der Waals surface area (Å²) in [5.74, 6) is -0.318. The molecule has 0 spiro atoms. The van der Waals surface area contributed by atoms with E-state index in [2.05, 4.69) is 16.8 Å². The largest absolute Gasteiger partial charge is 0.437 e. The lowest BCUT2D eigenvalue weighted by Gasteiger charge is -2.43.